The molecule has 7 N–H and O–H groups in total. The summed E-state index contributed by atoms with van der Waals surface area (Å²) < 4.78 is 11.1. The topological polar surface area (TPSA) is 169 Å². The smallest absolute Gasteiger partial charge is 0.249 e. The fourth-order valence-electron chi connectivity index (χ4n) is 6.41. The zero-order chi connectivity index (χ0) is 37.5. The Bertz CT molecular complexity index is 870. The second-order valence-corrected chi connectivity index (χ2v) is 14.6. The maximum Gasteiger partial charge on any atom is 0.249 e. The molecule has 0 spiro atoms. The predicted octanol–water partition coefficient (Wildman–Crippen LogP) is 6.52. The molecular weight excluding hydrogens is 650 g/mol. The minimum Gasteiger partial charge on any atom is -0.394 e. The van der Waals surface area contributed by atoms with E-state index in [-0.39, 0.29) is 6.61 Å². The number of ether oxygens (including phenoxy) is 2. The van der Waals surface area contributed by atoms with Crippen LogP contribution in [0.2, 0.25) is 0 Å². The summed E-state index contributed by atoms with van der Waals surface area (Å²) >= 11 is 0. The normalized spacial score (nSPS) is 22.9. The van der Waals surface area contributed by atoms with Gasteiger partial charge in [-0.2, -0.15) is 0 Å². The third-order valence-electron chi connectivity index (χ3n) is 9.89. The van der Waals surface area contributed by atoms with Crippen LogP contribution >= 0.6 is 0 Å². The van der Waals surface area contributed by atoms with Gasteiger partial charge in [0.25, 0.3) is 0 Å². The fourth-order valence-corrected chi connectivity index (χ4v) is 6.41. The van der Waals surface area contributed by atoms with Crippen molar-refractivity contribution in [3.8, 4) is 0 Å². The highest BCUT2D eigenvalue weighted by Gasteiger charge is 2.44. The van der Waals surface area contributed by atoms with Crippen LogP contribution in [0.3, 0.4) is 0 Å². The van der Waals surface area contributed by atoms with Crippen LogP contribution in [-0.4, -0.2) is 98.7 Å². The number of amides is 1. The van der Waals surface area contributed by atoms with Crippen LogP contribution < -0.4 is 5.32 Å². The number of nitrogens with one attached hydrogen (secondary N) is 1. The molecule has 1 amide bonds. The predicted molar refractivity (Wildman–Crippen MR) is 204 cm³/mol. The Kier molecular flexibility index (Phi) is 30.0. The molecule has 1 aliphatic rings. The number of aliphatic hydroxyl groups is 6. The van der Waals surface area contributed by atoms with Crippen LogP contribution in [0.25, 0.3) is 0 Å². The molecule has 1 heterocycles. The summed E-state index contributed by atoms with van der Waals surface area (Å²) in [4.78, 5) is 13.0. The molecule has 0 aliphatic carbocycles. The molecule has 0 aromatic heterocycles. The number of aliphatic hydroxyl groups excluding tert-OH is 6. The molecule has 1 aliphatic heterocycles. The first kappa shape index (κ1) is 47.7. The molecule has 0 aromatic carbocycles. The molecule has 1 rings (SSSR count). The maximum atomic E-state index is 13.0. The van der Waals surface area contributed by atoms with Crippen molar-refractivity contribution in [3.05, 3.63) is 24.3 Å². The Labute approximate surface area is 310 Å². The minimum atomic E-state index is -1.61. The quantitative estimate of drug-likeness (QED) is 0.0294. The number of allylic oxidation sites excluding steroid dienone is 3. The standard InChI is InChI=1S/C41H77NO9/c1-3-5-7-9-11-13-15-16-17-18-20-22-24-26-28-30-35(45)40(49)42-33(32-50-41-39(48)38(47)37(46)36(31-43)51-41)34(44)29-27-25-23-21-19-14-12-10-8-6-4-2/h19,21,27,29,33-39,41,43-48H,3-18,20,22-26,28,30-32H2,1-2H3,(H,42,49)/b21-19+,29-27+. The van der Waals surface area contributed by atoms with E-state index in [1.54, 1.807) is 6.08 Å². The van der Waals surface area contributed by atoms with Crippen LogP contribution in [0, 0.1) is 0 Å². The Balaban J connectivity index is 2.48. The van der Waals surface area contributed by atoms with E-state index in [4.69, 9.17) is 9.47 Å². The van der Waals surface area contributed by atoms with Crippen molar-refractivity contribution in [2.75, 3.05) is 13.2 Å². The minimum absolute atomic E-state index is 0.307. The van der Waals surface area contributed by atoms with Gasteiger partial charge in [0.1, 0.15) is 30.5 Å². The van der Waals surface area contributed by atoms with Crippen molar-refractivity contribution in [3.63, 3.8) is 0 Å². The maximum absolute atomic E-state index is 13.0. The largest absolute Gasteiger partial charge is 0.394 e. The highest BCUT2D eigenvalue weighted by molar-refractivity contribution is 5.80. The van der Waals surface area contributed by atoms with Crippen LogP contribution in [0.4, 0.5) is 0 Å². The van der Waals surface area contributed by atoms with E-state index in [0.29, 0.717) is 19.3 Å². The molecule has 1 saturated heterocycles. The molecule has 0 saturated carbocycles. The Morgan fingerprint density at radius 1 is 0.667 bits per heavy atom. The number of carbonyl (C=O) groups is 1. The molecule has 1 fully saturated rings. The van der Waals surface area contributed by atoms with E-state index < -0.39 is 61.5 Å². The van der Waals surface area contributed by atoms with Gasteiger partial charge >= 0.3 is 0 Å². The lowest BCUT2D eigenvalue weighted by atomic mass is 9.99. The van der Waals surface area contributed by atoms with E-state index >= 15 is 0 Å². The lowest BCUT2D eigenvalue weighted by molar-refractivity contribution is -0.302. The zero-order valence-electron chi connectivity index (χ0n) is 32.2. The Morgan fingerprint density at radius 2 is 1.16 bits per heavy atom. The van der Waals surface area contributed by atoms with Crippen LogP contribution in [-0.2, 0) is 14.3 Å². The lowest BCUT2D eigenvalue weighted by Crippen LogP contribution is -2.60. The first-order valence-corrected chi connectivity index (χ1v) is 20.7. The highest BCUT2D eigenvalue weighted by atomic mass is 16.7. The Morgan fingerprint density at radius 3 is 1.71 bits per heavy atom. The van der Waals surface area contributed by atoms with Gasteiger partial charge in [-0.25, -0.2) is 0 Å². The number of hydrogen-bond acceptors (Lipinski definition) is 9. The van der Waals surface area contributed by atoms with E-state index in [0.717, 1.165) is 32.1 Å². The third-order valence-corrected chi connectivity index (χ3v) is 9.89. The van der Waals surface area contributed by atoms with Gasteiger partial charge in [-0.1, -0.05) is 160 Å². The molecule has 10 nitrogen and oxygen atoms in total. The summed E-state index contributed by atoms with van der Waals surface area (Å²) in [5.74, 6) is -0.628. The van der Waals surface area contributed by atoms with Crippen molar-refractivity contribution in [2.45, 2.75) is 217 Å². The zero-order valence-corrected chi connectivity index (χ0v) is 32.2. The van der Waals surface area contributed by atoms with Crippen molar-refractivity contribution in [1.82, 2.24) is 5.32 Å². The summed E-state index contributed by atoms with van der Waals surface area (Å²) in [6.07, 6.45) is 25.6. The summed E-state index contributed by atoms with van der Waals surface area (Å²) in [6.45, 7) is 3.54. The van der Waals surface area contributed by atoms with Crippen LogP contribution in [0.5, 0.6) is 0 Å². The molecule has 0 aromatic rings. The number of rotatable bonds is 33. The van der Waals surface area contributed by atoms with Crippen molar-refractivity contribution in [1.29, 1.82) is 0 Å². The van der Waals surface area contributed by atoms with Gasteiger partial charge < -0.3 is 45.4 Å². The van der Waals surface area contributed by atoms with Crippen LogP contribution in [0.15, 0.2) is 24.3 Å². The van der Waals surface area contributed by atoms with Crippen molar-refractivity contribution in [2.24, 2.45) is 0 Å². The molecule has 300 valence electrons. The molecular formula is C41H77NO9. The molecule has 0 radical (unpaired) electrons. The van der Waals surface area contributed by atoms with E-state index in [1.165, 1.54) is 103 Å². The number of hydrogen-bond donors (Lipinski definition) is 7. The fraction of sp³-hybridized carbons (Fsp3) is 0.878. The number of unbranched alkanes of at least 4 members (excludes halogenated alkanes) is 20. The average molecular weight is 728 g/mol. The third kappa shape index (κ3) is 23.1. The second-order valence-electron chi connectivity index (χ2n) is 14.6. The summed E-state index contributed by atoms with van der Waals surface area (Å²) in [5.41, 5.74) is 0. The summed E-state index contributed by atoms with van der Waals surface area (Å²) in [7, 11) is 0. The monoisotopic (exact) mass is 728 g/mol. The first-order chi connectivity index (χ1) is 24.8. The lowest BCUT2D eigenvalue weighted by Gasteiger charge is -2.40. The van der Waals surface area contributed by atoms with Crippen molar-refractivity contribution >= 4 is 5.91 Å². The molecule has 51 heavy (non-hydrogen) atoms. The molecule has 8 unspecified atom stereocenters. The van der Waals surface area contributed by atoms with Crippen molar-refractivity contribution < 1.29 is 44.9 Å². The van der Waals surface area contributed by atoms with E-state index in [2.05, 4.69) is 31.3 Å². The molecule has 0 bridgehead atoms. The van der Waals surface area contributed by atoms with Gasteiger partial charge in [-0.15, -0.1) is 0 Å². The SMILES string of the molecule is CCCCCCC/C=C/CC/C=C/C(O)C(COC1OC(CO)C(O)C(O)C1O)NC(=O)C(O)CCCCCCCCCCCCCCCCC. The summed E-state index contributed by atoms with van der Waals surface area (Å²) in [6, 6.07) is -0.990. The average Bonchev–Trinajstić information content (AvgIpc) is 3.13. The number of carbonyl (C=O) groups excluding carboxylic acids is 1. The highest BCUT2D eigenvalue weighted by Crippen LogP contribution is 2.22. The second kappa shape index (κ2) is 32.1. The Hall–Kier alpha value is -1.37. The molecule has 8 atom stereocenters. The van der Waals surface area contributed by atoms with Gasteiger partial charge in [-0.05, 0) is 32.1 Å². The molecule has 10 heteroatoms. The summed E-state index contributed by atoms with van der Waals surface area (Å²) in [5, 5.41) is 64.3. The van der Waals surface area contributed by atoms with E-state index in [9.17, 15) is 35.4 Å². The van der Waals surface area contributed by atoms with Crippen LogP contribution in [0.1, 0.15) is 168 Å². The van der Waals surface area contributed by atoms with E-state index in [1.807, 2.05) is 6.08 Å². The van der Waals surface area contributed by atoms with Gasteiger partial charge in [0.15, 0.2) is 6.29 Å². The van der Waals surface area contributed by atoms with Gasteiger partial charge in [-0.3, -0.25) is 4.79 Å². The van der Waals surface area contributed by atoms with Gasteiger partial charge in [0.2, 0.25) is 5.91 Å². The van der Waals surface area contributed by atoms with Gasteiger partial charge in [0, 0.05) is 0 Å². The first-order valence-electron chi connectivity index (χ1n) is 20.7. The van der Waals surface area contributed by atoms with Gasteiger partial charge in [0.05, 0.1) is 25.4 Å².